The van der Waals surface area contributed by atoms with Gasteiger partial charge in [-0.3, -0.25) is 4.99 Å². The van der Waals surface area contributed by atoms with Crippen molar-refractivity contribution in [2.45, 2.75) is 24.8 Å². The van der Waals surface area contributed by atoms with Crippen LogP contribution in [0.5, 0.6) is 0 Å². The van der Waals surface area contributed by atoms with Crippen molar-refractivity contribution in [3.63, 3.8) is 0 Å². The lowest BCUT2D eigenvalue weighted by atomic mass is 9.78. The minimum absolute atomic E-state index is 0.0186. The molecule has 6 heteroatoms. The third-order valence-corrected chi connectivity index (χ3v) is 6.04. The lowest BCUT2D eigenvalue weighted by molar-refractivity contribution is 0.574. The van der Waals surface area contributed by atoms with Crippen LogP contribution in [0, 0.1) is 0 Å². The van der Waals surface area contributed by atoms with Gasteiger partial charge in [0.05, 0.1) is 11.5 Å². The summed E-state index contributed by atoms with van der Waals surface area (Å²) in [5, 5.41) is 6.52. The Morgan fingerprint density at radius 1 is 1.38 bits per heavy atom. The van der Waals surface area contributed by atoms with E-state index in [2.05, 4.69) is 39.9 Å². The molecule has 2 N–H and O–H groups in total. The van der Waals surface area contributed by atoms with Crippen molar-refractivity contribution < 1.29 is 8.42 Å². The molecule has 0 spiro atoms. The fourth-order valence-corrected chi connectivity index (χ4v) is 4.73. The zero-order valence-electron chi connectivity index (χ0n) is 12.2. The van der Waals surface area contributed by atoms with Crippen molar-refractivity contribution in [1.29, 1.82) is 0 Å². The molecule has 1 heterocycles. The first-order valence-electron chi connectivity index (χ1n) is 7.33. The van der Waals surface area contributed by atoms with Crippen LogP contribution < -0.4 is 10.6 Å². The van der Waals surface area contributed by atoms with Crippen LogP contribution in [0.3, 0.4) is 0 Å². The Kier molecular flexibility index (Phi) is 3.89. The van der Waals surface area contributed by atoms with E-state index in [4.69, 9.17) is 0 Å². The molecule has 2 atom stereocenters. The van der Waals surface area contributed by atoms with E-state index in [1.54, 1.807) is 7.05 Å². The lowest BCUT2D eigenvalue weighted by Crippen LogP contribution is -2.46. The molecule has 1 aromatic carbocycles. The highest BCUT2D eigenvalue weighted by Gasteiger charge is 2.29. The van der Waals surface area contributed by atoms with Crippen LogP contribution in [0.4, 0.5) is 0 Å². The highest BCUT2D eigenvalue weighted by Crippen LogP contribution is 2.33. The summed E-state index contributed by atoms with van der Waals surface area (Å²) in [6.07, 6.45) is 1.76. The predicted molar refractivity (Wildman–Crippen MR) is 84.4 cm³/mol. The van der Waals surface area contributed by atoms with E-state index in [-0.39, 0.29) is 17.5 Å². The molecule has 0 radical (unpaired) electrons. The molecular weight excluding hydrogens is 286 g/mol. The van der Waals surface area contributed by atoms with Crippen LogP contribution in [0.15, 0.2) is 29.3 Å². The molecule has 1 saturated heterocycles. The van der Waals surface area contributed by atoms with Gasteiger partial charge in [0, 0.05) is 25.6 Å². The number of aliphatic imine (C=N–C) groups is 1. The van der Waals surface area contributed by atoms with Gasteiger partial charge in [0.2, 0.25) is 0 Å². The smallest absolute Gasteiger partial charge is 0.191 e. The average molecular weight is 307 g/mol. The molecule has 1 fully saturated rings. The first-order valence-corrected chi connectivity index (χ1v) is 9.15. The predicted octanol–water partition coefficient (Wildman–Crippen LogP) is 0.678. The molecule has 0 saturated carbocycles. The van der Waals surface area contributed by atoms with Gasteiger partial charge < -0.3 is 10.6 Å². The SMILES string of the molecule is CN=C(NCC1Cc2ccccc21)NC1CCS(=O)(=O)C1. The van der Waals surface area contributed by atoms with Crippen LogP contribution in [-0.4, -0.2) is 45.5 Å². The Hall–Kier alpha value is -1.56. The van der Waals surface area contributed by atoms with Gasteiger partial charge in [0.15, 0.2) is 15.8 Å². The molecule has 0 aromatic heterocycles. The number of sulfone groups is 1. The number of guanidine groups is 1. The molecule has 114 valence electrons. The number of fused-ring (bicyclic) bond motifs is 1. The van der Waals surface area contributed by atoms with E-state index in [0.29, 0.717) is 18.3 Å². The van der Waals surface area contributed by atoms with Crippen molar-refractivity contribution in [3.05, 3.63) is 35.4 Å². The van der Waals surface area contributed by atoms with E-state index in [1.165, 1.54) is 11.1 Å². The first kappa shape index (κ1) is 14.4. The second-order valence-corrected chi connectivity index (χ2v) is 8.03. The number of hydrogen-bond donors (Lipinski definition) is 2. The first-order chi connectivity index (χ1) is 10.1. The van der Waals surface area contributed by atoms with Crippen LogP contribution in [0.1, 0.15) is 23.5 Å². The third-order valence-electron chi connectivity index (χ3n) is 4.27. The number of nitrogens with one attached hydrogen (secondary N) is 2. The second kappa shape index (κ2) is 5.67. The van der Waals surface area contributed by atoms with Crippen LogP contribution in [0.2, 0.25) is 0 Å². The fraction of sp³-hybridized carbons (Fsp3) is 0.533. The highest BCUT2D eigenvalue weighted by molar-refractivity contribution is 7.91. The Morgan fingerprint density at radius 2 is 2.19 bits per heavy atom. The molecule has 1 aromatic rings. The molecule has 0 amide bonds. The molecule has 1 aliphatic heterocycles. The summed E-state index contributed by atoms with van der Waals surface area (Å²) in [7, 11) is -1.14. The van der Waals surface area contributed by atoms with Crippen molar-refractivity contribution in [2.24, 2.45) is 4.99 Å². The number of hydrogen-bond acceptors (Lipinski definition) is 3. The Balaban J connectivity index is 1.51. The van der Waals surface area contributed by atoms with Gasteiger partial charge >= 0.3 is 0 Å². The Labute approximate surface area is 125 Å². The van der Waals surface area contributed by atoms with E-state index in [0.717, 1.165) is 13.0 Å². The molecule has 0 bridgehead atoms. The summed E-state index contributed by atoms with van der Waals surface area (Å²) >= 11 is 0. The number of nitrogens with zero attached hydrogens (tertiary/aromatic N) is 1. The van der Waals surface area contributed by atoms with E-state index < -0.39 is 9.84 Å². The lowest BCUT2D eigenvalue weighted by Gasteiger charge is -2.31. The summed E-state index contributed by atoms with van der Waals surface area (Å²) in [6.45, 7) is 0.830. The highest BCUT2D eigenvalue weighted by atomic mass is 32.2. The molecule has 3 rings (SSSR count). The standard InChI is InChI=1S/C15H21N3O2S/c1-16-15(18-13-6-7-21(19,20)10-13)17-9-12-8-11-4-2-3-5-14(11)12/h2-5,12-13H,6-10H2,1H3,(H2,16,17,18). The quantitative estimate of drug-likeness (QED) is 0.636. The normalized spacial score (nSPS) is 26.8. The maximum atomic E-state index is 11.5. The second-order valence-electron chi connectivity index (χ2n) is 5.80. The van der Waals surface area contributed by atoms with Gasteiger partial charge in [-0.2, -0.15) is 0 Å². The maximum absolute atomic E-state index is 11.5. The summed E-state index contributed by atoms with van der Waals surface area (Å²) in [5.41, 5.74) is 2.83. The average Bonchev–Trinajstić information content (AvgIpc) is 2.77. The van der Waals surface area contributed by atoms with Gasteiger partial charge in [-0.15, -0.1) is 0 Å². The molecular formula is C15H21N3O2S. The van der Waals surface area contributed by atoms with Crippen molar-refractivity contribution >= 4 is 15.8 Å². The molecule has 21 heavy (non-hydrogen) atoms. The van der Waals surface area contributed by atoms with Crippen molar-refractivity contribution in [1.82, 2.24) is 10.6 Å². The summed E-state index contributed by atoms with van der Waals surface area (Å²) in [4.78, 5) is 4.19. The molecule has 5 nitrogen and oxygen atoms in total. The monoisotopic (exact) mass is 307 g/mol. The zero-order chi connectivity index (χ0) is 14.9. The van der Waals surface area contributed by atoms with Gasteiger partial charge in [-0.1, -0.05) is 24.3 Å². The molecule has 2 unspecified atom stereocenters. The largest absolute Gasteiger partial charge is 0.356 e. The Bertz CT molecular complexity index is 655. The van der Waals surface area contributed by atoms with Crippen molar-refractivity contribution in [2.75, 3.05) is 25.1 Å². The van der Waals surface area contributed by atoms with E-state index in [1.807, 2.05) is 0 Å². The van der Waals surface area contributed by atoms with Gasteiger partial charge in [0.1, 0.15) is 0 Å². The number of rotatable bonds is 3. The van der Waals surface area contributed by atoms with E-state index in [9.17, 15) is 8.42 Å². The maximum Gasteiger partial charge on any atom is 0.191 e. The minimum Gasteiger partial charge on any atom is -0.356 e. The van der Waals surface area contributed by atoms with Gasteiger partial charge in [-0.25, -0.2) is 8.42 Å². The van der Waals surface area contributed by atoms with Crippen molar-refractivity contribution in [3.8, 4) is 0 Å². The number of benzene rings is 1. The summed E-state index contributed by atoms with van der Waals surface area (Å²) in [5.74, 6) is 1.70. The Morgan fingerprint density at radius 3 is 2.86 bits per heavy atom. The van der Waals surface area contributed by atoms with Crippen LogP contribution in [0.25, 0.3) is 0 Å². The summed E-state index contributed by atoms with van der Waals surface area (Å²) < 4.78 is 22.9. The van der Waals surface area contributed by atoms with Crippen LogP contribution >= 0.6 is 0 Å². The van der Waals surface area contributed by atoms with Gasteiger partial charge in [-0.05, 0) is 24.0 Å². The third kappa shape index (κ3) is 3.20. The van der Waals surface area contributed by atoms with Gasteiger partial charge in [0.25, 0.3) is 0 Å². The van der Waals surface area contributed by atoms with Crippen LogP contribution in [-0.2, 0) is 16.3 Å². The summed E-state index contributed by atoms with van der Waals surface area (Å²) in [6, 6.07) is 8.47. The topological polar surface area (TPSA) is 70.6 Å². The zero-order valence-corrected chi connectivity index (χ0v) is 13.0. The fourth-order valence-electron chi connectivity index (χ4n) is 3.06. The molecule has 2 aliphatic rings. The van der Waals surface area contributed by atoms with E-state index >= 15 is 0 Å². The minimum atomic E-state index is -2.86. The molecule has 1 aliphatic carbocycles.